The van der Waals surface area contributed by atoms with Crippen LogP contribution in [0.2, 0.25) is 5.02 Å². The minimum atomic E-state index is -4.79. The van der Waals surface area contributed by atoms with Gasteiger partial charge in [-0.15, -0.1) is 0 Å². The van der Waals surface area contributed by atoms with Crippen LogP contribution in [0.15, 0.2) is 48.9 Å². The number of pyridine rings is 1. The quantitative estimate of drug-likeness (QED) is 0.318. The highest BCUT2D eigenvalue weighted by Gasteiger charge is 2.51. The molecule has 0 atom stereocenters. The molecule has 0 bridgehead atoms. The Morgan fingerprint density at radius 3 is 2.60 bits per heavy atom. The maximum absolute atomic E-state index is 13.9. The Hall–Kier alpha value is -4.43. The van der Waals surface area contributed by atoms with E-state index >= 15 is 0 Å². The zero-order valence-corrected chi connectivity index (χ0v) is 23.0. The van der Waals surface area contributed by atoms with Gasteiger partial charge < -0.3 is 25.8 Å². The van der Waals surface area contributed by atoms with Gasteiger partial charge in [0.1, 0.15) is 0 Å². The molecule has 1 aromatic carbocycles. The number of benzene rings is 1. The van der Waals surface area contributed by atoms with E-state index in [1.807, 2.05) is 4.90 Å². The van der Waals surface area contributed by atoms with Crippen LogP contribution in [-0.4, -0.2) is 66.2 Å². The minimum Gasteiger partial charge on any atom is -0.397 e. The van der Waals surface area contributed by atoms with Gasteiger partial charge in [-0.25, -0.2) is 14.6 Å². The van der Waals surface area contributed by atoms with Crippen LogP contribution in [-0.2, 0) is 13.2 Å². The van der Waals surface area contributed by atoms with Crippen molar-refractivity contribution in [3.05, 3.63) is 71.0 Å². The van der Waals surface area contributed by atoms with Crippen molar-refractivity contribution >= 4 is 34.8 Å². The first-order valence-electron chi connectivity index (χ1n) is 13.0. The molecule has 1 spiro atoms. The number of rotatable bonds is 5. The lowest BCUT2D eigenvalue weighted by Gasteiger charge is -2.37. The molecule has 1 aliphatic carbocycles. The van der Waals surface area contributed by atoms with E-state index in [1.54, 1.807) is 12.1 Å². The Kier molecular flexibility index (Phi) is 6.69. The maximum Gasteiger partial charge on any atom is 0.435 e. The number of hydrogen-bond donors (Lipinski definition) is 3. The van der Waals surface area contributed by atoms with Crippen LogP contribution in [0.4, 0.5) is 24.5 Å². The van der Waals surface area contributed by atoms with E-state index in [2.05, 4.69) is 25.7 Å². The van der Waals surface area contributed by atoms with E-state index in [0.29, 0.717) is 30.0 Å². The van der Waals surface area contributed by atoms with Gasteiger partial charge in [-0.05, 0) is 43.2 Å². The molecule has 42 heavy (non-hydrogen) atoms. The van der Waals surface area contributed by atoms with E-state index in [1.165, 1.54) is 42.2 Å². The Labute approximate surface area is 242 Å². The molecule has 4 N–H and O–H groups in total. The maximum atomic E-state index is 13.9. The molecule has 0 unspecified atom stereocenters. The van der Waals surface area contributed by atoms with Gasteiger partial charge >= 0.3 is 6.18 Å². The van der Waals surface area contributed by atoms with Crippen molar-refractivity contribution in [2.75, 3.05) is 30.7 Å². The summed E-state index contributed by atoms with van der Waals surface area (Å²) in [5.74, 6) is -0.867. The van der Waals surface area contributed by atoms with E-state index < -0.39 is 17.8 Å². The number of amides is 2. The first-order chi connectivity index (χ1) is 20.0. The summed E-state index contributed by atoms with van der Waals surface area (Å²) in [4.78, 5) is 36.3. The van der Waals surface area contributed by atoms with Crippen molar-refractivity contribution in [3.8, 4) is 17.1 Å². The van der Waals surface area contributed by atoms with Gasteiger partial charge in [0.25, 0.3) is 11.8 Å². The summed E-state index contributed by atoms with van der Waals surface area (Å²) in [6, 6.07) is 7.49. The molecule has 4 heterocycles. The molecule has 6 rings (SSSR count). The molecule has 0 radical (unpaired) electrons. The highest BCUT2D eigenvalue weighted by Crippen LogP contribution is 2.43. The number of nitrogens with one attached hydrogen (secondary N) is 2. The van der Waals surface area contributed by atoms with Crippen LogP contribution in [0.3, 0.4) is 0 Å². The van der Waals surface area contributed by atoms with Gasteiger partial charge in [0.05, 0.1) is 45.5 Å². The van der Waals surface area contributed by atoms with Crippen molar-refractivity contribution in [2.24, 2.45) is 7.05 Å². The predicted molar refractivity (Wildman–Crippen MR) is 148 cm³/mol. The zero-order chi connectivity index (χ0) is 29.8. The number of nitrogen functional groups attached to an aromatic ring is 1. The topological polar surface area (TPSA) is 136 Å². The van der Waals surface area contributed by atoms with Crippen molar-refractivity contribution in [3.63, 3.8) is 0 Å². The molecule has 3 aromatic heterocycles. The number of aromatic nitrogens is 5. The lowest BCUT2D eigenvalue weighted by molar-refractivity contribution is -0.140. The molecule has 11 nitrogen and oxygen atoms in total. The Bertz CT molecular complexity index is 1690. The summed E-state index contributed by atoms with van der Waals surface area (Å²) in [5, 5.41) is 9.85. The van der Waals surface area contributed by atoms with Crippen LogP contribution >= 0.6 is 11.6 Å². The zero-order valence-electron chi connectivity index (χ0n) is 22.2. The van der Waals surface area contributed by atoms with Crippen LogP contribution < -0.4 is 16.4 Å². The second kappa shape index (κ2) is 10.1. The van der Waals surface area contributed by atoms with E-state index in [4.69, 9.17) is 17.3 Å². The fraction of sp³-hybridized carbons (Fsp3) is 0.296. The highest BCUT2D eigenvalue weighted by atomic mass is 35.5. The Morgan fingerprint density at radius 2 is 1.93 bits per heavy atom. The summed E-state index contributed by atoms with van der Waals surface area (Å²) >= 11 is 6.46. The van der Waals surface area contributed by atoms with Crippen LogP contribution in [0, 0.1) is 0 Å². The first-order valence-corrected chi connectivity index (χ1v) is 13.4. The number of nitrogens with zero attached hydrogens (tertiary/aromatic N) is 6. The van der Waals surface area contributed by atoms with E-state index in [0.717, 1.165) is 30.3 Å². The van der Waals surface area contributed by atoms with Crippen LogP contribution in [0.5, 0.6) is 0 Å². The lowest BCUT2D eigenvalue weighted by Crippen LogP contribution is -2.55. The fourth-order valence-electron chi connectivity index (χ4n) is 5.14. The van der Waals surface area contributed by atoms with E-state index in [9.17, 15) is 22.8 Å². The van der Waals surface area contributed by atoms with Crippen LogP contribution in [0.25, 0.3) is 17.1 Å². The van der Waals surface area contributed by atoms with Crippen LogP contribution in [0.1, 0.15) is 39.5 Å². The second-order valence-electron chi connectivity index (χ2n) is 10.3. The molecule has 4 aromatic rings. The predicted octanol–water partition coefficient (Wildman–Crippen LogP) is 3.75. The minimum absolute atomic E-state index is 0.0122. The fourth-order valence-corrected chi connectivity index (χ4v) is 5.40. The second-order valence-corrected chi connectivity index (χ2v) is 10.7. The SMILES string of the molecule is Cn1c(-c2cn(-c3ccc(N)cn3)nc2C(F)(F)F)cnc1C(=O)Nc1ccc(C(=O)N2CCNCC23CC3)c(Cl)c1. The lowest BCUT2D eigenvalue weighted by atomic mass is 10.1. The van der Waals surface area contributed by atoms with Gasteiger partial charge in [0.15, 0.2) is 17.3 Å². The van der Waals surface area contributed by atoms with Crippen molar-refractivity contribution < 1.29 is 22.8 Å². The molecule has 2 fully saturated rings. The Morgan fingerprint density at radius 1 is 1.14 bits per heavy atom. The molecule has 15 heteroatoms. The largest absolute Gasteiger partial charge is 0.435 e. The monoisotopic (exact) mass is 599 g/mol. The number of carbonyl (C=O) groups excluding carboxylic acids is 2. The van der Waals surface area contributed by atoms with E-state index in [-0.39, 0.29) is 39.4 Å². The number of anilines is 2. The standard InChI is InChI=1S/C27H25ClF3N9O2/c1-38-20(18-13-40(37-22(18)27(29,30)31)21-5-2-15(32)11-34-21)12-35-23(38)24(41)36-16-3-4-17(19(28)10-16)25(42)39-9-8-33-14-26(39)6-7-26/h2-5,10-13,33H,6-9,14,32H2,1H3,(H,36,41). The van der Waals surface area contributed by atoms with Gasteiger partial charge in [-0.2, -0.15) is 18.3 Å². The summed E-state index contributed by atoms with van der Waals surface area (Å²) in [7, 11) is 1.42. The summed E-state index contributed by atoms with van der Waals surface area (Å²) in [6.07, 6.45) is 0.720. The highest BCUT2D eigenvalue weighted by molar-refractivity contribution is 6.34. The first kappa shape index (κ1) is 27.7. The third-order valence-electron chi connectivity index (χ3n) is 7.52. The van der Waals surface area contributed by atoms with Gasteiger partial charge in [0, 0.05) is 38.6 Å². The summed E-state index contributed by atoms with van der Waals surface area (Å²) in [5.41, 5.74) is 5.00. The number of nitrogens with two attached hydrogens (primary N) is 1. The molecule has 2 aliphatic rings. The molecular weight excluding hydrogens is 575 g/mol. The number of hydrogen-bond acceptors (Lipinski definition) is 7. The number of halogens is 4. The molecule has 2 amide bonds. The molecule has 218 valence electrons. The molecule has 1 saturated carbocycles. The van der Waals surface area contributed by atoms with Crippen molar-refractivity contribution in [2.45, 2.75) is 24.6 Å². The normalized spacial score (nSPS) is 16.1. The number of alkyl halides is 3. The van der Waals surface area contributed by atoms with Gasteiger partial charge in [-0.3, -0.25) is 9.59 Å². The average Bonchev–Trinajstić information content (AvgIpc) is 3.37. The van der Waals surface area contributed by atoms with Crippen molar-refractivity contribution in [1.82, 2.24) is 34.5 Å². The van der Waals surface area contributed by atoms with Crippen molar-refractivity contribution in [1.29, 1.82) is 0 Å². The average molecular weight is 600 g/mol. The number of imidazole rings is 1. The summed E-state index contributed by atoms with van der Waals surface area (Å²) < 4.78 is 44.0. The number of carbonyl (C=O) groups is 2. The Balaban J connectivity index is 1.24. The third-order valence-corrected chi connectivity index (χ3v) is 7.84. The molecule has 1 saturated heterocycles. The van der Waals surface area contributed by atoms with Gasteiger partial charge in [0.2, 0.25) is 0 Å². The molecular formula is C27H25ClF3N9O2. The third kappa shape index (κ3) is 4.96. The number of piperazine rings is 1. The molecule has 1 aliphatic heterocycles. The van der Waals surface area contributed by atoms with Gasteiger partial charge in [-0.1, -0.05) is 11.6 Å². The summed E-state index contributed by atoms with van der Waals surface area (Å²) in [6.45, 7) is 2.04. The smallest absolute Gasteiger partial charge is 0.397 e.